The Labute approximate surface area is 106 Å². The van der Waals surface area contributed by atoms with Crippen LogP contribution in [0.3, 0.4) is 0 Å². The van der Waals surface area contributed by atoms with E-state index in [0.29, 0.717) is 6.42 Å². The van der Waals surface area contributed by atoms with Crippen LogP contribution in [-0.4, -0.2) is 19.6 Å². The topological polar surface area (TPSA) is 63.6 Å². The first kappa shape index (κ1) is 16.9. The van der Waals surface area contributed by atoms with Gasteiger partial charge in [-0.2, -0.15) is 8.42 Å². The van der Waals surface area contributed by atoms with Gasteiger partial charge in [0.15, 0.2) is 0 Å². The van der Waals surface area contributed by atoms with Gasteiger partial charge in [0, 0.05) is 0 Å². The summed E-state index contributed by atoms with van der Waals surface area (Å²) in [5, 5.41) is 0. The van der Waals surface area contributed by atoms with Crippen molar-refractivity contribution in [2.45, 2.75) is 59.3 Å². The van der Waals surface area contributed by atoms with Crippen LogP contribution in [0.1, 0.15) is 59.3 Å². The van der Waals surface area contributed by atoms with E-state index in [4.69, 9.17) is 4.55 Å². The van der Waals surface area contributed by atoms with E-state index in [1.54, 1.807) is 0 Å². The summed E-state index contributed by atoms with van der Waals surface area (Å²) in [4.78, 5) is 0. The zero-order chi connectivity index (χ0) is 13.3. The maximum absolute atomic E-state index is 10.3. The first-order chi connectivity index (χ1) is 7.81. The molecule has 0 heterocycles. The van der Waals surface area contributed by atoms with E-state index in [-0.39, 0.29) is 6.61 Å². The molecule has 104 valence electrons. The Morgan fingerprint density at radius 1 is 1.00 bits per heavy atom. The van der Waals surface area contributed by atoms with Crippen LogP contribution >= 0.6 is 0 Å². The summed E-state index contributed by atoms with van der Waals surface area (Å²) in [6.45, 7) is 6.81. The second-order valence-corrected chi connectivity index (χ2v) is 6.27. The zero-order valence-corrected chi connectivity index (χ0v) is 12.0. The van der Waals surface area contributed by atoms with Crippen molar-refractivity contribution in [3.05, 3.63) is 0 Å². The van der Waals surface area contributed by atoms with Crippen LogP contribution in [0.5, 0.6) is 0 Å². The third-order valence-corrected chi connectivity index (χ3v) is 3.27. The molecule has 0 aliphatic carbocycles. The molecule has 17 heavy (non-hydrogen) atoms. The summed E-state index contributed by atoms with van der Waals surface area (Å²) in [5.41, 5.74) is 0. The average Bonchev–Trinajstić information content (AvgIpc) is 2.18. The van der Waals surface area contributed by atoms with Crippen LogP contribution in [0.2, 0.25) is 0 Å². The summed E-state index contributed by atoms with van der Waals surface area (Å²) >= 11 is 0. The fourth-order valence-electron chi connectivity index (χ4n) is 1.70. The molecular formula is C12H26O4S. The van der Waals surface area contributed by atoms with Gasteiger partial charge in [-0.15, -0.1) is 0 Å². The van der Waals surface area contributed by atoms with Gasteiger partial charge < -0.3 is 0 Å². The second-order valence-electron chi connectivity index (χ2n) is 5.18. The number of unbranched alkanes of at least 4 members (excludes halogenated alkanes) is 2. The molecule has 0 radical (unpaired) electrons. The Balaban J connectivity index is 3.33. The van der Waals surface area contributed by atoms with E-state index >= 15 is 0 Å². The van der Waals surface area contributed by atoms with Crippen molar-refractivity contribution in [2.75, 3.05) is 6.61 Å². The van der Waals surface area contributed by atoms with Gasteiger partial charge in [-0.1, -0.05) is 52.9 Å². The van der Waals surface area contributed by atoms with Gasteiger partial charge in [0.25, 0.3) is 0 Å². The van der Waals surface area contributed by atoms with Crippen molar-refractivity contribution in [3.8, 4) is 0 Å². The maximum Gasteiger partial charge on any atom is 0.397 e. The maximum atomic E-state index is 10.3. The SMILES string of the molecule is CC(C)CCC(C)CCCCCOS(=O)(=O)O. The van der Waals surface area contributed by atoms with Crippen LogP contribution < -0.4 is 0 Å². The summed E-state index contributed by atoms with van der Waals surface area (Å²) < 4.78 is 33.1. The van der Waals surface area contributed by atoms with Gasteiger partial charge in [-0.3, -0.25) is 4.55 Å². The normalized spacial score (nSPS) is 14.2. The molecule has 0 amide bonds. The Kier molecular flexibility index (Phi) is 8.82. The monoisotopic (exact) mass is 266 g/mol. The Morgan fingerprint density at radius 3 is 2.18 bits per heavy atom. The molecule has 0 saturated carbocycles. The van der Waals surface area contributed by atoms with Crippen LogP contribution in [0.25, 0.3) is 0 Å². The molecule has 1 N–H and O–H groups in total. The quantitative estimate of drug-likeness (QED) is 0.486. The lowest BCUT2D eigenvalue weighted by molar-refractivity contribution is 0.260. The lowest BCUT2D eigenvalue weighted by atomic mass is 9.95. The standard InChI is InChI=1S/C12H26O4S/c1-11(2)8-9-12(3)7-5-4-6-10-16-17(13,14)15/h11-12H,4-10H2,1-3H3,(H,13,14,15). The van der Waals surface area contributed by atoms with Gasteiger partial charge >= 0.3 is 10.4 Å². The number of hydrogen-bond acceptors (Lipinski definition) is 3. The van der Waals surface area contributed by atoms with E-state index < -0.39 is 10.4 Å². The van der Waals surface area contributed by atoms with Crippen molar-refractivity contribution in [2.24, 2.45) is 11.8 Å². The molecule has 0 aliphatic rings. The molecular weight excluding hydrogens is 240 g/mol. The van der Waals surface area contributed by atoms with Crippen LogP contribution in [0.4, 0.5) is 0 Å². The largest absolute Gasteiger partial charge is 0.397 e. The first-order valence-corrected chi connectivity index (χ1v) is 7.79. The van der Waals surface area contributed by atoms with Gasteiger partial charge in [0.05, 0.1) is 6.61 Å². The highest BCUT2D eigenvalue weighted by atomic mass is 32.3. The minimum atomic E-state index is -4.25. The van der Waals surface area contributed by atoms with Gasteiger partial charge in [-0.25, -0.2) is 4.18 Å². The van der Waals surface area contributed by atoms with Crippen molar-refractivity contribution < 1.29 is 17.2 Å². The van der Waals surface area contributed by atoms with Crippen LogP contribution in [-0.2, 0) is 14.6 Å². The molecule has 0 rings (SSSR count). The molecule has 5 heteroatoms. The van der Waals surface area contributed by atoms with E-state index in [1.807, 2.05) is 0 Å². The van der Waals surface area contributed by atoms with Gasteiger partial charge in [0.2, 0.25) is 0 Å². The van der Waals surface area contributed by atoms with Gasteiger partial charge in [0.1, 0.15) is 0 Å². The molecule has 0 aliphatic heterocycles. The van der Waals surface area contributed by atoms with Crippen molar-refractivity contribution in [3.63, 3.8) is 0 Å². The molecule has 0 aromatic rings. The molecule has 1 unspecified atom stereocenters. The fourth-order valence-corrected chi connectivity index (χ4v) is 2.03. The van der Waals surface area contributed by atoms with E-state index in [1.165, 1.54) is 19.3 Å². The summed E-state index contributed by atoms with van der Waals surface area (Å²) in [7, 11) is -4.25. The van der Waals surface area contributed by atoms with E-state index in [9.17, 15) is 8.42 Å². The van der Waals surface area contributed by atoms with E-state index in [2.05, 4.69) is 25.0 Å². The smallest absolute Gasteiger partial charge is 0.264 e. The lowest BCUT2D eigenvalue weighted by Crippen LogP contribution is -2.05. The van der Waals surface area contributed by atoms with Crippen LogP contribution in [0, 0.1) is 11.8 Å². The Morgan fingerprint density at radius 2 is 1.65 bits per heavy atom. The third kappa shape index (κ3) is 13.8. The fraction of sp³-hybridized carbons (Fsp3) is 1.00. The molecule has 0 fully saturated rings. The first-order valence-electron chi connectivity index (χ1n) is 6.43. The number of hydrogen-bond donors (Lipinski definition) is 1. The Hall–Kier alpha value is -0.130. The molecule has 0 aromatic carbocycles. The molecule has 4 nitrogen and oxygen atoms in total. The molecule has 0 aromatic heterocycles. The zero-order valence-electron chi connectivity index (χ0n) is 11.2. The summed E-state index contributed by atoms with van der Waals surface area (Å²) in [6.07, 6.45) is 6.43. The van der Waals surface area contributed by atoms with Crippen molar-refractivity contribution in [1.29, 1.82) is 0 Å². The predicted octanol–water partition coefficient (Wildman–Crippen LogP) is 3.44. The minimum absolute atomic E-state index is 0.0825. The molecule has 0 bridgehead atoms. The molecule has 0 spiro atoms. The highest BCUT2D eigenvalue weighted by Crippen LogP contribution is 2.17. The highest BCUT2D eigenvalue weighted by molar-refractivity contribution is 7.80. The van der Waals surface area contributed by atoms with Crippen molar-refractivity contribution in [1.82, 2.24) is 0 Å². The summed E-state index contributed by atoms with van der Waals surface area (Å²) in [5.74, 6) is 1.50. The Bertz CT molecular complexity index is 272. The van der Waals surface area contributed by atoms with Crippen LogP contribution in [0.15, 0.2) is 0 Å². The molecule has 1 atom stereocenters. The van der Waals surface area contributed by atoms with Gasteiger partial charge in [-0.05, 0) is 18.3 Å². The lowest BCUT2D eigenvalue weighted by Gasteiger charge is -2.12. The van der Waals surface area contributed by atoms with Crippen molar-refractivity contribution >= 4 is 10.4 Å². The third-order valence-electron chi connectivity index (χ3n) is 2.81. The minimum Gasteiger partial charge on any atom is -0.264 e. The highest BCUT2D eigenvalue weighted by Gasteiger charge is 2.05. The number of rotatable bonds is 10. The average molecular weight is 266 g/mol. The predicted molar refractivity (Wildman–Crippen MR) is 69.2 cm³/mol. The summed E-state index contributed by atoms with van der Waals surface area (Å²) in [6, 6.07) is 0. The second kappa shape index (κ2) is 8.89. The van der Waals surface area contributed by atoms with E-state index in [0.717, 1.165) is 24.7 Å². The molecule has 0 saturated heterocycles.